The van der Waals surface area contributed by atoms with E-state index in [-0.39, 0.29) is 28.6 Å². The van der Waals surface area contributed by atoms with Crippen molar-refractivity contribution in [2.45, 2.75) is 142 Å². The normalized spacial score (nSPS) is 11.7. The average molecular weight is 560 g/mol. The molecule has 0 saturated carbocycles. The first kappa shape index (κ1) is 35.7. The standard InChI is InChI=1S/C34H57NO5/c1-5-7-9-11-13-15-16-18-20-22-25-28(24-21-19-17-14-12-10-8-6-2)32(36)35-31-29(33(37)39-3)26-23-27-30(31)34(38)40-4/h23,26-28H,5-22,24-25H2,1-4H3,(H,35,36). The van der Waals surface area contributed by atoms with Crippen molar-refractivity contribution in [1.82, 2.24) is 0 Å². The molecule has 1 unspecified atom stereocenters. The van der Waals surface area contributed by atoms with Crippen molar-refractivity contribution in [2.75, 3.05) is 19.5 Å². The zero-order chi connectivity index (χ0) is 29.4. The summed E-state index contributed by atoms with van der Waals surface area (Å²) < 4.78 is 9.82. The predicted molar refractivity (Wildman–Crippen MR) is 165 cm³/mol. The lowest BCUT2D eigenvalue weighted by Gasteiger charge is -2.19. The molecule has 0 bridgehead atoms. The zero-order valence-corrected chi connectivity index (χ0v) is 26.0. The van der Waals surface area contributed by atoms with Crippen LogP contribution in [0.15, 0.2) is 18.2 Å². The lowest BCUT2D eigenvalue weighted by molar-refractivity contribution is -0.120. The zero-order valence-electron chi connectivity index (χ0n) is 26.0. The molecule has 0 aliphatic carbocycles. The molecule has 1 amide bonds. The summed E-state index contributed by atoms with van der Waals surface area (Å²) in [6.07, 6.45) is 23.9. The fraction of sp³-hybridized carbons (Fsp3) is 0.735. The van der Waals surface area contributed by atoms with Gasteiger partial charge in [0.05, 0.1) is 31.0 Å². The molecule has 1 aromatic rings. The summed E-state index contributed by atoms with van der Waals surface area (Å²) in [7, 11) is 2.57. The Balaban J connectivity index is 2.76. The van der Waals surface area contributed by atoms with E-state index in [0.29, 0.717) is 0 Å². The number of hydrogen-bond donors (Lipinski definition) is 1. The van der Waals surface area contributed by atoms with Gasteiger partial charge in [-0.25, -0.2) is 9.59 Å². The molecule has 1 rings (SSSR count). The Labute approximate surface area is 244 Å². The summed E-state index contributed by atoms with van der Waals surface area (Å²) in [4.78, 5) is 38.4. The van der Waals surface area contributed by atoms with Crippen LogP contribution in [0.3, 0.4) is 0 Å². The van der Waals surface area contributed by atoms with Gasteiger partial charge in [0.1, 0.15) is 0 Å². The molecule has 6 heteroatoms. The molecule has 0 fully saturated rings. The first-order valence-corrected chi connectivity index (χ1v) is 16.1. The summed E-state index contributed by atoms with van der Waals surface area (Å²) in [5, 5.41) is 2.93. The maximum absolute atomic E-state index is 13.6. The number of benzene rings is 1. The largest absolute Gasteiger partial charge is 0.465 e. The Morgan fingerprint density at radius 2 is 0.950 bits per heavy atom. The van der Waals surface area contributed by atoms with Crippen molar-refractivity contribution < 1.29 is 23.9 Å². The first-order chi connectivity index (χ1) is 19.5. The van der Waals surface area contributed by atoms with E-state index in [9.17, 15) is 14.4 Å². The topological polar surface area (TPSA) is 81.7 Å². The van der Waals surface area contributed by atoms with Crippen LogP contribution in [0.5, 0.6) is 0 Å². The molecule has 0 saturated heterocycles. The van der Waals surface area contributed by atoms with Crippen LogP contribution in [0, 0.1) is 5.92 Å². The van der Waals surface area contributed by atoms with Gasteiger partial charge in [0.15, 0.2) is 0 Å². The van der Waals surface area contributed by atoms with Gasteiger partial charge >= 0.3 is 11.9 Å². The van der Waals surface area contributed by atoms with Crippen LogP contribution >= 0.6 is 0 Å². The number of nitrogens with one attached hydrogen (secondary N) is 1. The van der Waals surface area contributed by atoms with Crippen molar-refractivity contribution in [1.29, 1.82) is 0 Å². The maximum Gasteiger partial charge on any atom is 0.340 e. The molecule has 6 nitrogen and oxygen atoms in total. The summed E-state index contributed by atoms with van der Waals surface area (Å²) in [6.45, 7) is 4.48. The summed E-state index contributed by atoms with van der Waals surface area (Å²) in [5.74, 6) is -1.50. The molecule has 228 valence electrons. The monoisotopic (exact) mass is 559 g/mol. The number of amides is 1. The molecule has 1 N–H and O–H groups in total. The van der Waals surface area contributed by atoms with E-state index in [2.05, 4.69) is 19.2 Å². The summed E-state index contributed by atoms with van der Waals surface area (Å²) >= 11 is 0. The van der Waals surface area contributed by atoms with Crippen molar-refractivity contribution >= 4 is 23.5 Å². The summed E-state index contributed by atoms with van der Waals surface area (Å²) in [5.41, 5.74) is 0.488. The van der Waals surface area contributed by atoms with Crippen LogP contribution < -0.4 is 5.32 Å². The van der Waals surface area contributed by atoms with Crippen LogP contribution in [0.4, 0.5) is 5.69 Å². The molecular formula is C34H57NO5. The minimum atomic E-state index is -0.602. The molecule has 0 heterocycles. The number of carbonyl (C=O) groups excluding carboxylic acids is 3. The lowest BCUT2D eigenvalue weighted by Crippen LogP contribution is -2.26. The van der Waals surface area contributed by atoms with Gasteiger partial charge in [0.2, 0.25) is 5.91 Å². The SMILES string of the molecule is CCCCCCCCCCCCC(CCCCCCCCCC)C(=O)Nc1c(C(=O)OC)cccc1C(=O)OC. The first-order valence-electron chi connectivity index (χ1n) is 16.1. The average Bonchev–Trinajstić information content (AvgIpc) is 2.97. The van der Waals surface area contributed by atoms with E-state index in [1.165, 1.54) is 104 Å². The molecule has 0 aromatic heterocycles. The number of hydrogen-bond acceptors (Lipinski definition) is 5. The van der Waals surface area contributed by atoms with E-state index in [1.807, 2.05) is 0 Å². The number of ether oxygens (including phenoxy) is 2. The minimum absolute atomic E-state index is 0.139. The number of anilines is 1. The highest BCUT2D eigenvalue weighted by Crippen LogP contribution is 2.27. The van der Waals surface area contributed by atoms with Gasteiger partial charge in [-0.15, -0.1) is 0 Å². The molecule has 1 aromatic carbocycles. The molecule has 1 atom stereocenters. The number of para-hydroxylation sites is 1. The third-order valence-electron chi connectivity index (χ3n) is 7.81. The third kappa shape index (κ3) is 14.9. The molecule has 40 heavy (non-hydrogen) atoms. The Bertz CT molecular complexity index is 803. The van der Waals surface area contributed by atoms with Crippen LogP contribution in [-0.4, -0.2) is 32.1 Å². The van der Waals surface area contributed by atoms with Gasteiger partial charge in [-0.1, -0.05) is 135 Å². The van der Waals surface area contributed by atoms with Crippen molar-refractivity contribution in [3.05, 3.63) is 29.3 Å². The minimum Gasteiger partial charge on any atom is -0.465 e. The summed E-state index contributed by atoms with van der Waals surface area (Å²) in [6, 6.07) is 4.71. The fourth-order valence-corrected chi connectivity index (χ4v) is 5.28. The molecular weight excluding hydrogens is 502 g/mol. The second-order valence-electron chi connectivity index (χ2n) is 11.1. The highest BCUT2D eigenvalue weighted by Gasteiger charge is 2.25. The maximum atomic E-state index is 13.6. The van der Waals surface area contributed by atoms with Crippen LogP contribution in [0.1, 0.15) is 163 Å². The van der Waals surface area contributed by atoms with E-state index < -0.39 is 11.9 Å². The predicted octanol–water partition coefficient (Wildman–Crippen LogP) is 9.66. The number of methoxy groups -OCH3 is 2. The van der Waals surface area contributed by atoms with E-state index in [0.717, 1.165) is 38.5 Å². The van der Waals surface area contributed by atoms with E-state index >= 15 is 0 Å². The molecule has 0 aliphatic heterocycles. The van der Waals surface area contributed by atoms with Crippen molar-refractivity contribution in [3.63, 3.8) is 0 Å². The number of rotatable bonds is 24. The van der Waals surface area contributed by atoms with Gasteiger partial charge in [-0.3, -0.25) is 4.79 Å². The fourth-order valence-electron chi connectivity index (χ4n) is 5.28. The van der Waals surface area contributed by atoms with Crippen molar-refractivity contribution in [2.24, 2.45) is 5.92 Å². The van der Waals surface area contributed by atoms with Crippen LogP contribution in [0.25, 0.3) is 0 Å². The lowest BCUT2D eigenvalue weighted by atomic mass is 9.92. The van der Waals surface area contributed by atoms with Gasteiger partial charge in [-0.2, -0.15) is 0 Å². The number of unbranched alkanes of at least 4 members (excludes halogenated alkanes) is 16. The van der Waals surface area contributed by atoms with E-state index in [4.69, 9.17) is 9.47 Å². The molecule has 0 spiro atoms. The van der Waals surface area contributed by atoms with Crippen LogP contribution in [-0.2, 0) is 14.3 Å². The number of esters is 2. The second-order valence-corrected chi connectivity index (χ2v) is 11.1. The van der Waals surface area contributed by atoms with Gasteiger partial charge in [-0.05, 0) is 25.0 Å². The highest BCUT2D eigenvalue weighted by atomic mass is 16.5. The molecule has 0 radical (unpaired) electrons. The Morgan fingerprint density at radius 1 is 0.600 bits per heavy atom. The highest BCUT2D eigenvalue weighted by molar-refractivity contribution is 6.09. The molecule has 0 aliphatic rings. The van der Waals surface area contributed by atoms with Gasteiger partial charge in [0, 0.05) is 5.92 Å². The van der Waals surface area contributed by atoms with E-state index in [1.54, 1.807) is 18.2 Å². The Hall–Kier alpha value is -2.37. The van der Waals surface area contributed by atoms with Crippen LogP contribution in [0.2, 0.25) is 0 Å². The third-order valence-corrected chi connectivity index (χ3v) is 7.81. The van der Waals surface area contributed by atoms with Gasteiger partial charge < -0.3 is 14.8 Å². The number of carbonyl (C=O) groups is 3. The Morgan fingerprint density at radius 3 is 1.30 bits per heavy atom. The quantitative estimate of drug-likeness (QED) is 0.101. The van der Waals surface area contributed by atoms with Crippen molar-refractivity contribution in [3.8, 4) is 0 Å². The second kappa shape index (κ2) is 23.3. The Kier molecular flexibility index (Phi) is 20.8. The smallest absolute Gasteiger partial charge is 0.340 e. The van der Waals surface area contributed by atoms with Gasteiger partial charge in [0.25, 0.3) is 0 Å².